The largest absolute Gasteiger partial charge is 0.507 e. The summed E-state index contributed by atoms with van der Waals surface area (Å²) in [7, 11) is 0. The van der Waals surface area contributed by atoms with E-state index in [4.69, 9.17) is 0 Å². The van der Waals surface area contributed by atoms with Gasteiger partial charge in [0.2, 0.25) is 0 Å². The van der Waals surface area contributed by atoms with Gasteiger partial charge in [-0.15, -0.1) is 35.9 Å². The van der Waals surface area contributed by atoms with Crippen LogP contribution in [0.25, 0.3) is 39.5 Å². The molecule has 0 saturated heterocycles. The molecule has 3 heterocycles. The van der Waals surface area contributed by atoms with Crippen LogP contribution in [0, 0.1) is 6.07 Å². The summed E-state index contributed by atoms with van der Waals surface area (Å²) < 4.78 is 1.96. The quantitative estimate of drug-likeness (QED) is 0.207. The van der Waals surface area contributed by atoms with E-state index in [0.717, 1.165) is 28.1 Å². The minimum absolute atomic E-state index is 0. The summed E-state index contributed by atoms with van der Waals surface area (Å²) >= 11 is 0. The van der Waals surface area contributed by atoms with E-state index in [9.17, 15) is 5.11 Å². The van der Waals surface area contributed by atoms with Crippen LogP contribution in [0.3, 0.4) is 0 Å². The van der Waals surface area contributed by atoms with Gasteiger partial charge in [0, 0.05) is 38.5 Å². The summed E-state index contributed by atoms with van der Waals surface area (Å²) in [5, 5.41) is 10.2. The Balaban J connectivity index is 0.000000189. The fourth-order valence-corrected chi connectivity index (χ4v) is 3.65. The molecule has 0 amide bonds. The minimum Gasteiger partial charge on any atom is -0.507 e. The number of aromatic hydroxyl groups is 1. The molecule has 0 aliphatic carbocycles. The zero-order chi connectivity index (χ0) is 23.2. The minimum atomic E-state index is 0. The number of nitrogens with zero attached hydrogens (tertiary/aromatic N) is 4. The van der Waals surface area contributed by atoms with E-state index >= 15 is 0 Å². The maximum Gasteiger partial charge on any atom is 0.164 e. The van der Waals surface area contributed by atoms with Crippen LogP contribution < -0.4 is 0 Å². The van der Waals surface area contributed by atoms with Gasteiger partial charge in [0.05, 0.1) is 5.56 Å². The second-order valence-electron chi connectivity index (χ2n) is 7.46. The number of pyridine rings is 2. The molecule has 0 atom stereocenters. The van der Waals surface area contributed by atoms with Gasteiger partial charge in [0.15, 0.2) is 11.5 Å². The molecule has 35 heavy (non-hydrogen) atoms. The zero-order valence-electron chi connectivity index (χ0n) is 18.6. The Bertz CT molecular complexity index is 1470. The van der Waals surface area contributed by atoms with Gasteiger partial charge in [-0.2, -0.15) is 0 Å². The van der Waals surface area contributed by atoms with Crippen LogP contribution in [0.1, 0.15) is 0 Å². The first kappa shape index (κ1) is 24.0. The van der Waals surface area contributed by atoms with Crippen molar-refractivity contribution in [1.29, 1.82) is 0 Å². The van der Waals surface area contributed by atoms with E-state index < -0.39 is 0 Å². The summed E-state index contributed by atoms with van der Waals surface area (Å²) in [4.78, 5) is 13.3. The summed E-state index contributed by atoms with van der Waals surface area (Å²) in [6, 6.07) is 37.7. The number of hydrogen-bond acceptors (Lipinski definition) is 4. The molecule has 0 saturated carbocycles. The summed E-state index contributed by atoms with van der Waals surface area (Å²) in [6.45, 7) is 0. The fraction of sp³-hybridized carbons (Fsp3) is 0. The molecular weight excluding hydrogens is 527 g/mol. The summed E-state index contributed by atoms with van der Waals surface area (Å²) in [5.41, 5.74) is 5.22. The van der Waals surface area contributed by atoms with Crippen LogP contribution >= 0.6 is 0 Å². The standard InChI is InChI=1S/C18H13N3O.C11H8N.Pd/c22-16-11-5-4-9-14(16)17-20-15-10-6-12-19-18(15)21(17)13-7-2-1-3-8-13;1-2-6-10(7-3-1)11-8-4-5-9-12-11;/h1-12,22H;1-6,8-9H;/q;-1;. The van der Waals surface area contributed by atoms with E-state index in [1.54, 1.807) is 24.5 Å². The average Bonchev–Trinajstić information content (AvgIpc) is 3.30. The molecule has 0 spiro atoms. The molecule has 3 aromatic carbocycles. The number of imidazole rings is 1. The van der Waals surface area contributed by atoms with Gasteiger partial charge in [-0.05, 0) is 48.2 Å². The maximum atomic E-state index is 10.2. The van der Waals surface area contributed by atoms with Gasteiger partial charge < -0.3 is 10.1 Å². The SMILES string of the molecule is Oc1ccccc1-c1nc2cccnc2n1-c1ccccc1.[Pd].[c-]1ccccc1-c1ccccn1. The maximum absolute atomic E-state index is 10.2. The molecule has 0 bridgehead atoms. The van der Waals surface area contributed by atoms with Crippen molar-refractivity contribution < 1.29 is 25.5 Å². The fourth-order valence-electron chi connectivity index (χ4n) is 3.65. The van der Waals surface area contributed by atoms with Crippen molar-refractivity contribution >= 4 is 11.2 Å². The molecule has 0 fully saturated rings. The number of rotatable bonds is 3. The summed E-state index contributed by atoms with van der Waals surface area (Å²) in [6.07, 6.45) is 3.54. The Kier molecular flexibility index (Phi) is 7.79. The van der Waals surface area contributed by atoms with Gasteiger partial charge >= 0.3 is 0 Å². The van der Waals surface area contributed by atoms with Gasteiger partial charge in [0.25, 0.3) is 0 Å². The number of fused-ring (bicyclic) bond motifs is 1. The molecule has 6 heteroatoms. The Morgan fingerprint density at radius 3 is 2.17 bits per heavy atom. The van der Waals surface area contributed by atoms with Gasteiger partial charge in [-0.1, -0.05) is 42.5 Å². The van der Waals surface area contributed by atoms with Gasteiger partial charge in [-0.25, -0.2) is 9.97 Å². The van der Waals surface area contributed by atoms with Crippen molar-refractivity contribution in [1.82, 2.24) is 19.5 Å². The van der Waals surface area contributed by atoms with E-state index in [0.29, 0.717) is 11.4 Å². The Hall–Kier alpha value is -4.11. The number of benzene rings is 3. The molecule has 1 N–H and O–H groups in total. The molecule has 6 rings (SSSR count). The number of phenols is 1. The first-order chi connectivity index (χ1) is 16.8. The molecule has 0 unspecified atom stereocenters. The first-order valence-corrected chi connectivity index (χ1v) is 10.9. The Morgan fingerprint density at radius 1 is 0.686 bits per heavy atom. The summed E-state index contributed by atoms with van der Waals surface area (Å²) in [5.74, 6) is 0.882. The number of phenolic OH excluding ortho intramolecular Hbond substituents is 1. The van der Waals surface area contributed by atoms with E-state index in [1.165, 1.54) is 0 Å². The van der Waals surface area contributed by atoms with Gasteiger partial charge in [-0.3, -0.25) is 4.57 Å². The Morgan fingerprint density at radius 2 is 1.43 bits per heavy atom. The van der Waals surface area contributed by atoms with Crippen LogP contribution in [0.4, 0.5) is 0 Å². The van der Waals surface area contributed by atoms with Crippen molar-refractivity contribution in [2.24, 2.45) is 0 Å². The molecule has 0 aliphatic rings. The van der Waals surface area contributed by atoms with Crippen LogP contribution in [-0.2, 0) is 20.4 Å². The van der Waals surface area contributed by atoms with Crippen molar-refractivity contribution in [3.63, 3.8) is 0 Å². The predicted octanol–water partition coefficient (Wildman–Crippen LogP) is 6.34. The molecule has 6 aromatic rings. The third kappa shape index (κ3) is 5.36. The zero-order valence-corrected chi connectivity index (χ0v) is 20.2. The average molecular weight is 548 g/mol. The van der Waals surface area contributed by atoms with Crippen molar-refractivity contribution in [2.75, 3.05) is 0 Å². The Labute approximate surface area is 217 Å². The van der Waals surface area contributed by atoms with E-state index in [2.05, 4.69) is 21.0 Å². The van der Waals surface area contributed by atoms with Crippen LogP contribution in [-0.4, -0.2) is 24.6 Å². The second kappa shape index (κ2) is 11.3. The predicted molar refractivity (Wildman–Crippen MR) is 134 cm³/mol. The third-order valence-corrected chi connectivity index (χ3v) is 5.23. The van der Waals surface area contributed by atoms with Crippen LogP contribution in [0.15, 0.2) is 122 Å². The van der Waals surface area contributed by atoms with E-state index in [1.807, 2.05) is 102 Å². The van der Waals surface area contributed by atoms with Crippen molar-refractivity contribution in [3.8, 4) is 34.1 Å². The number of hydrogen-bond donors (Lipinski definition) is 1. The topological polar surface area (TPSA) is 63.8 Å². The van der Waals surface area contributed by atoms with Gasteiger partial charge in [0.1, 0.15) is 11.3 Å². The molecule has 0 aliphatic heterocycles. The molecule has 3 aromatic heterocycles. The molecule has 0 radical (unpaired) electrons. The number of aromatic nitrogens is 4. The monoisotopic (exact) mass is 547 g/mol. The van der Waals surface area contributed by atoms with Crippen molar-refractivity contribution in [3.05, 3.63) is 128 Å². The molecular formula is C29H21N4OPd-. The van der Waals surface area contributed by atoms with E-state index in [-0.39, 0.29) is 26.2 Å². The second-order valence-corrected chi connectivity index (χ2v) is 7.46. The smallest absolute Gasteiger partial charge is 0.164 e. The number of para-hydroxylation sites is 2. The van der Waals surface area contributed by atoms with Crippen LogP contribution in [0.5, 0.6) is 5.75 Å². The first-order valence-electron chi connectivity index (χ1n) is 10.9. The van der Waals surface area contributed by atoms with Crippen LogP contribution in [0.2, 0.25) is 0 Å². The molecule has 174 valence electrons. The normalized spacial score (nSPS) is 10.2. The third-order valence-electron chi connectivity index (χ3n) is 5.23. The molecule has 5 nitrogen and oxygen atoms in total. The van der Waals surface area contributed by atoms with Crippen molar-refractivity contribution in [2.45, 2.75) is 0 Å².